The number of carbonyl (C=O) groups excluding carboxylic acids is 2. The average molecular weight is 467 g/mol. The standard InChI is InChI=1S/C27H21N3O5/c1-26-27(33,25(32)34-2)11-18(35-26)29-16-9-5-3-7-13(16)20-21-15(12-28-24(21)31)19-14-8-4-6-10-17(14)30(26)23(19)22(20)29/h3-10,18,33H,11-12H2,1-2H3,(H,28,31)/t18-,26-,27?/m0/s1. The Kier molecular flexibility index (Phi) is 3.24. The molecule has 0 saturated carbocycles. The fourth-order valence-corrected chi connectivity index (χ4v) is 6.89. The summed E-state index contributed by atoms with van der Waals surface area (Å²) in [6, 6.07) is 15.8. The van der Waals surface area contributed by atoms with Crippen molar-refractivity contribution in [2.24, 2.45) is 0 Å². The first kappa shape index (κ1) is 19.4. The number of methoxy groups -OCH3 is 1. The van der Waals surface area contributed by atoms with E-state index < -0.39 is 23.5 Å². The van der Waals surface area contributed by atoms with Crippen molar-refractivity contribution in [1.82, 2.24) is 14.5 Å². The van der Waals surface area contributed by atoms with Crippen molar-refractivity contribution >= 4 is 55.5 Å². The molecule has 8 rings (SSSR count). The largest absolute Gasteiger partial charge is 0.467 e. The molecule has 3 aliphatic heterocycles. The molecule has 2 N–H and O–H groups in total. The highest BCUT2D eigenvalue weighted by Gasteiger charge is 2.65. The van der Waals surface area contributed by atoms with Gasteiger partial charge in [0.2, 0.25) is 5.60 Å². The summed E-state index contributed by atoms with van der Waals surface area (Å²) in [6.45, 7) is 2.17. The molecule has 8 heteroatoms. The van der Waals surface area contributed by atoms with Crippen molar-refractivity contribution in [2.75, 3.05) is 7.11 Å². The molecule has 0 radical (unpaired) electrons. The van der Waals surface area contributed by atoms with E-state index >= 15 is 0 Å². The van der Waals surface area contributed by atoms with Crippen LogP contribution in [0.15, 0.2) is 48.5 Å². The molecule has 3 aromatic carbocycles. The lowest BCUT2D eigenvalue weighted by atomic mass is 9.88. The van der Waals surface area contributed by atoms with Gasteiger partial charge in [0.15, 0.2) is 5.72 Å². The van der Waals surface area contributed by atoms with Crippen LogP contribution in [-0.2, 0) is 26.5 Å². The quantitative estimate of drug-likeness (QED) is 0.367. The summed E-state index contributed by atoms with van der Waals surface area (Å²) < 4.78 is 15.8. The predicted octanol–water partition coefficient (Wildman–Crippen LogP) is 3.66. The summed E-state index contributed by atoms with van der Waals surface area (Å²) in [7, 11) is 1.28. The monoisotopic (exact) mass is 467 g/mol. The third-order valence-corrected chi connectivity index (χ3v) is 8.36. The Labute approximate surface area is 198 Å². The molecule has 8 nitrogen and oxygen atoms in total. The number of nitrogens with one attached hydrogen (secondary N) is 1. The van der Waals surface area contributed by atoms with Gasteiger partial charge in [-0.1, -0.05) is 36.4 Å². The lowest BCUT2D eigenvalue weighted by Crippen LogP contribution is -2.56. The first-order valence-electron chi connectivity index (χ1n) is 11.7. The van der Waals surface area contributed by atoms with Crippen LogP contribution >= 0.6 is 0 Å². The highest BCUT2D eigenvalue weighted by molar-refractivity contribution is 6.31. The lowest BCUT2D eigenvalue weighted by Gasteiger charge is -2.37. The molecule has 5 heterocycles. The Morgan fingerprint density at radius 1 is 1.09 bits per heavy atom. The van der Waals surface area contributed by atoms with Crippen LogP contribution in [0.4, 0.5) is 0 Å². The molecule has 2 aromatic heterocycles. The van der Waals surface area contributed by atoms with Gasteiger partial charge < -0.3 is 29.0 Å². The maximum atomic E-state index is 13.2. The van der Waals surface area contributed by atoms with Gasteiger partial charge in [0.25, 0.3) is 5.91 Å². The zero-order valence-corrected chi connectivity index (χ0v) is 19.1. The maximum Gasteiger partial charge on any atom is 0.343 e. The van der Waals surface area contributed by atoms with Crippen molar-refractivity contribution in [3.63, 3.8) is 0 Å². The molecule has 174 valence electrons. The van der Waals surface area contributed by atoms with Crippen LogP contribution in [0.2, 0.25) is 0 Å². The molecule has 5 aromatic rings. The fourth-order valence-electron chi connectivity index (χ4n) is 6.89. The van der Waals surface area contributed by atoms with Crippen LogP contribution in [0.3, 0.4) is 0 Å². The third-order valence-electron chi connectivity index (χ3n) is 8.36. The van der Waals surface area contributed by atoms with Crippen molar-refractivity contribution in [1.29, 1.82) is 0 Å². The minimum Gasteiger partial charge on any atom is -0.467 e. The number of fused-ring (bicyclic) bond motifs is 13. The lowest BCUT2D eigenvalue weighted by molar-refractivity contribution is -0.202. The highest BCUT2D eigenvalue weighted by Crippen LogP contribution is 2.57. The molecule has 3 atom stereocenters. The van der Waals surface area contributed by atoms with Gasteiger partial charge >= 0.3 is 5.97 Å². The molecule has 0 aliphatic carbocycles. The Bertz CT molecular complexity index is 1830. The van der Waals surface area contributed by atoms with Gasteiger partial charge in [-0.2, -0.15) is 0 Å². The fraction of sp³-hybridized carbons (Fsp3) is 0.259. The van der Waals surface area contributed by atoms with E-state index in [0.29, 0.717) is 12.1 Å². The molecular weight excluding hydrogens is 446 g/mol. The van der Waals surface area contributed by atoms with Crippen LogP contribution in [0.1, 0.15) is 35.5 Å². The number of benzene rings is 3. The third kappa shape index (κ3) is 1.89. The van der Waals surface area contributed by atoms with Gasteiger partial charge in [-0.05, 0) is 24.6 Å². The molecule has 1 amide bonds. The number of ether oxygens (including phenoxy) is 2. The maximum absolute atomic E-state index is 13.2. The highest BCUT2D eigenvalue weighted by atomic mass is 16.6. The first-order valence-corrected chi connectivity index (χ1v) is 11.7. The first-order chi connectivity index (χ1) is 16.9. The number of aromatic nitrogens is 2. The average Bonchev–Trinajstić information content (AvgIpc) is 3.55. The second-order valence-corrected chi connectivity index (χ2v) is 9.83. The van der Waals surface area contributed by atoms with Gasteiger partial charge in [-0.25, -0.2) is 4.79 Å². The summed E-state index contributed by atoms with van der Waals surface area (Å²) in [4.78, 5) is 26.3. The van der Waals surface area contributed by atoms with Gasteiger partial charge in [0.05, 0.1) is 34.7 Å². The second kappa shape index (κ2) is 5.84. The van der Waals surface area contributed by atoms with E-state index in [0.717, 1.165) is 49.2 Å². The smallest absolute Gasteiger partial charge is 0.343 e. The summed E-state index contributed by atoms with van der Waals surface area (Å²) in [5.41, 5.74) is 1.69. The van der Waals surface area contributed by atoms with Gasteiger partial charge in [0, 0.05) is 34.5 Å². The minimum absolute atomic E-state index is 0.0146. The van der Waals surface area contributed by atoms with Gasteiger partial charge in [-0.15, -0.1) is 0 Å². The van der Waals surface area contributed by atoms with E-state index in [1.165, 1.54) is 7.11 Å². The number of amides is 1. The zero-order valence-electron chi connectivity index (χ0n) is 19.1. The van der Waals surface area contributed by atoms with Crippen molar-refractivity contribution < 1.29 is 24.2 Å². The number of esters is 1. The summed E-state index contributed by atoms with van der Waals surface area (Å²) in [5, 5.41) is 18.7. The van der Waals surface area contributed by atoms with E-state index in [4.69, 9.17) is 9.47 Å². The number of carbonyl (C=O) groups is 2. The van der Waals surface area contributed by atoms with Crippen LogP contribution in [0.5, 0.6) is 0 Å². The van der Waals surface area contributed by atoms with Crippen molar-refractivity contribution in [3.8, 4) is 0 Å². The summed E-state index contributed by atoms with van der Waals surface area (Å²) in [6.07, 6.45) is -0.628. The van der Waals surface area contributed by atoms with Gasteiger partial charge in [0.1, 0.15) is 6.23 Å². The SMILES string of the molecule is COC(=O)C1(O)C[C@@H]2O[C@]1(C)n1c3ccccc3c3c4c(c5c6ccccc6n2c5c31)C(=O)NC4. The minimum atomic E-state index is -1.93. The molecule has 1 unspecified atom stereocenters. The summed E-state index contributed by atoms with van der Waals surface area (Å²) >= 11 is 0. The van der Waals surface area contributed by atoms with Crippen LogP contribution in [0.25, 0.3) is 43.6 Å². The van der Waals surface area contributed by atoms with Crippen LogP contribution in [-0.4, -0.2) is 38.8 Å². The topological polar surface area (TPSA) is 94.7 Å². The zero-order chi connectivity index (χ0) is 23.9. The predicted molar refractivity (Wildman–Crippen MR) is 129 cm³/mol. The molecule has 2 bridgehead atoms. The van der Waals surface area contributed by atoms with E-state index in [2.05, 4.69) is 9.88 Å². The Morgan fingerprint density at radius 3 is 2.51 bits per heavy atom. The number of aliphatic hydroxyl groups is 1. The Balaban J connectivity index is 1.73. The molecule has 0 spiro atoms. The van der Waals surface area contributed by atoms with E-state index in [1.54, 1.807) is 6.92 Å². The van der Waals surface area contributed by atoms with Crippen LogP contribution < -0.4 is 5.32 Å². The van der Waals surface area contributed by atoms with Crippen molar-refractivity contribution in [2.45, 2.75) is 37.4 Å². The molecule has 1 saturated heterocycles. The second-order valence-electron chi connectivity index (χ2n) is 9.83. The normalized spacial score (nSPS) is 26.7. The summed E-state index contributed by atoms with van der Waals surface area (Å²) in [5.74, 6) is -0.822. The van der Waals surface area contributed by atoms with Gasteiger partial charge in [-0.3, -0.25) is 4.79 Å². The number of hydrogen-bond acceptors (Lipinski definition) is 5. The number of para-hydroxylation sites is 2. The van der Waals surface area contributed by atoms with Crippen LogP contribution in [0, 0.1) is 0 Å². The van der Waals surface area contributed by atoms with E-state index in [1.807, 2.05) is 53.1 Å². The number of nitrogens with zero attached hydrogens (tertiary/aromatic N) is 2. The number of rotatable bonds is 1. The molecule has 3 aliphatic rings. The Morgan fingerprint density at radius 2 is 1.77 bits per heavy atom. The molecular formula is C27H21N3O5. The number of hydrogen-bond donors (Lipinski definition) is 2. The van der Waals surface area contributed by atoms with Crippen molar-refractivity contribution in [3.05, 3.63) is 59.7 Å². The van der Waals surface area contributed by atoms with E-state index in [9.17, 15) is 14.7 Å². The molecule has 1 fully saturated rings. The molecule has 35 heavy (non-hydrogen) atoms. The van der Waals surface area contributed by atoms with E-state index in [-0.39, 0.29) is 12.3 Å². The Hall–Kier alpha value is -3.88.